The van der Waals surface area contributed by atoms with Crippen LogP contribution in [0.3, 0.4) is 0 Å². The van der Waals surface area contributed by atoms with Crippen molar-refractivity contribution < 1.29 is 41.7 Å². The third kappa shape index (κ3) is 7.45. The average molecular weight is 664 g/mol. The number of nitrogens with one attached hydrogen (secondary N) is 1. The first kappa shape index (κ1) is 34.3. The van der Waals surface area contributed by atoms with Crippen molar-refractivity contribution in [1.82, 2.24) is 10.1 Å². The van der Waals surface area contributed by atoms with Gasteiger partial charge in [0, 0.05) is 18.2 Å². The summed E-state index contributed by atoms with van der Waals surface area (Å²) >= 11 is 0. The Morgan fingerprint density at radius 2 is 2.09 bits per heavy atom. The van der Waals surface area contributed by atoms with Gasteiger partial charge in [-0.1, -0.05) is 42.1 Å². The summed E-state index contributed by atoms with van der Waals surface area (Å²) in [5.74, 6) is 3.96. The number of fused-ring (bicyclic) bond motifs is 1. The molecule has 0 bridgehead atoms. The van der Waals surface area contributed by atoms with Crippen LogP contribution in [0.15, 0.2) is 52.2 Å². The van der Waals surface area contributed by atoms with E-state index in [-0.39, 0.29) is 30.3 Å². The van der Waals surface area contributed by atoms with E-state index in [4.69, 9.17) is 24.3 Å². The largest absolute Gasteiger partial charge is 0.544 e. The Bertz CT molecular complexity index is 1590. The molecule has 242 valence electrons. The van der Waals surface area contributed by atoms with Crippen molar-refractivity contribution in [2.45, 2.75) is 56.6 Å². The monoisotopic (exact) mass is 663 g/mol. The van der Waals surface area contributed by atoms with Crippen molar-refractivity contribution in [3.05, 3.63) is 42.1 Å². The Morgan fingerprint density at radius 1 is 1.38 bits per heavy atom. The van der Waals surface area contributed by atoms with Gasteiger partial charge in [-0.05, 0) is 32.4 Å². The zero-order chi connectivity index (χ0) is 33.0. The van der Waals surface area contributed by atoms with Crippen LogP contribution in [-0.4, -0.2) is 96.2 Å². The van der Waals surface area contributed by atoms with Gasteiger partial charge < -0.3 is 20.3 Å². The molecule has 5 N–H and O–H groups in total. The number of rotatable bonds is 13. The molecule has 1 aromatic carbocycles. The molecule has 1 saturated heterocycles. The van der Waals surface area contributed by atoms with Crippen molar-refractivity contribution >= 4 is 36.1 Å². The summed E-state index contributed by atoms with van der Waals surface area (Å²) in [4.78, 5) is 28.5. The van der Waals surface area contributed by atoms with Crippen molar-refractivity contribution in [3.63, 3.8) is 0 Å². The number of aliphatic hydroxyl groups excluding tert-OH is 1. The summed E-state index contributed by atoms with van der Waals surface area (Å²) in [5.41, 5.74) is 2.83. The molecule has 0 amide bonds. The molecule has 1 fully saturated rings. The summed E-state index contributed by atoms with van der Waals surface area (Å²) < 4.78 is 47.0. The minimum atomic E-state index is -4.29. The number of nitriles is 1. The number of ether oxygens (including phenoxy) is 2. The Balaban J connectivity index is 1.63. The molecule has 1 aromatic rings. The van der Waals surface area contributed by atoms with Gasteiger partial charge in [0.05, 0.1) is 24.2 Å². The number of aliphatic imine (C=N–C) groups is 1. The number of nitrogens with zero attached hydrogens (tertiary/aromatic N) is 4. The Kier molecular flexibility index (Phi) is 10.2. The number of esters is 1. The van der Waals surface area contributed by atoms with Crippen LogP contribution in [0.25, 0.3) is 0 Å². The number of para-hydroxylation sites is 1. The number of nitrogens with two attached hydrogens (primary N) is 1. The number of carbonyl (C=O) groups excluding carboxylic acids is 1. The molecular weight excluding hydrogens is 627 g/mol. The third-order valence-electron chi connectivity index (χ3n) is 7.43. The normalized spacial score (nSPS) is 29.2. The zero-order valence-electron chi connectivity index (χ0n) is 25.2. The first-order chi connectivity index (χ1) is 21.2. The van der Waals surface area contributed by atoms with Gasteiger partial charge in [-0.3, -0.25) is 9.32 Å². The van der Waals surface area contributed by atoms with Gasteiger partial charge >= 0.3 is 14.1 Å². The molecule has 4 rings (SSSR count). The smallest absolute Gasteiger partial charge is 0.465 e. The zero-order valence-corrected chi connectivity index (χ0v) is 26.9. The number of benzene rings is 1. The fourth-order valence-corrected chi connectivity index (χ4v) is 7.38. The molecule has 0 aromatic heterocycles. The predicted octanol–water partition coefficient (Wildman–Crippen LogP) is 0.642. The topological polar surface area (TPSA) is 218 Å². The SMILES string of the molecule is CCOC(=O)[C@H](CCS(C)(=O)=O)N[P+](O)(OC[C@]1(C)O[C@@](C#N)(C2=CC#CC3C(N)=NC=NN23)[C@@H](C)[C@@H]1O)Oc1ccccc1. The van der Waals surface area contributed by atoms with Gasteiger partial charge in [0.1, 0.15) is 46.3 Å². The number of allylic oxidation sites excluding steroid dienone is 1. The molecule has 0 radical (unpaired) electrons. The maximum atomic E-state index is 12.8. The lowest BCUT2D eigenvalue weighted by molar-refractivity contribution is -0.145. The Hall–Kier alpha value is -3.60. The number of carbonyl (C=O) groups is 1. The summed E-state index contributed by atoms with van der Waals surface area (Å²) in [7, 11) is -7.78. The van der Waals surface area contributed by atoms with E-state index in [0.717, 1.165) is 6.26 Å². The minimum absolute atomic E-state index is 0.000945. The van der Waals surface area contributed by atoms with Crippen LogP contribution in [0, 0.1) is 29.1 Å². The van der Waals surface area contributed by atoms with E-state index >= 15 is 0 Å². The molecular formula is C28H36N6O9PS+. The van der Waals surface area contributed by atoms with Gasteiger partial charge in [-0.15, -0.1) is 0 Å². The fourth-order valence-electron chi connectivity index (χ4n) is 5.07. The quantitative estimate of drug-likeness (QED) is 0.130. The van der Waals surface area contributed by atoms with E-state index in [9.17, 15) is 28.5 Å². The first-order valence-corrected chi connectivity index (χ1v) is 17.6. The highest BCUT2D eigenvalue weighted by Gasteiger charge is 2.64. The van der Waals surface area contributed by atoms with Crippen molar-refractivity contribution in [1.29, 1.82) is 5.26 Å². The van der Waals surface area contributed by atoms with Crippen LogP contribution in [-0.2, 0) is 28.6 Å². The van der Waals surface area contributed by atoms with E-state index in [1.807, 2.05) is 0 Å². The number of hydrogen-bond acceptors (Lipinski definition) is 15. The summed E-state index contributed by atoms with van der Waals surface area (Å²) in [5, 5.41) is 30.2. The first-order valence-electron chi connectivity index (χ1n) is 14.0. The predicted molar refractivity (Wildman–Crippen MR) is 165 cm³/mol. The van der Waals surface area contributed by atoms with Gasteiger partial charge in [0.15, 0.2) is 11.8 Å². The Morgan fingerprint density at radius 3 is 2.73 bits per heavy atom. The van der Waals surface area contributed by atoms with E-state index < -0.39 is 71.6 Å². The highest BCUT2D eigenvalue weighted by Crippen LogP contribution is 2.56. The van der Waals surface area contributed by atoms with E-state index in [1.54, 1.807) is 44.2 Å². The maximum Gasteiger partial charge on any atom is 0.544 e. The van der Waals surface area contributed by atoms with E-state index in [0.29, 0.717) is 0 Å². The highest BCUT2D eigenvalue weighted by molar-refractivity contribution is 7.90. The lowest BCUT2D eigenvalue weighted by Crippen LogP contribution is -2.51. The van der Waals surface area contributed by atoms with Gasteiger partial charge in [0.2, 0.25) is 5.60 Å². The summed E-state index contributed by atoms with van der Waals surface area (Å²) in [6.07, 6.45) is 2.10. The van der Waals surface area contributed by atoms with Crippen LogP contribution < -0.4 is 15.3 Å². The molecule has 3 aliphatic rings. The number of sulfone groups is 1. The van der Waals surface area contributed by atoms with E-state index in [2.05, 4.69) is 33.1 Å². The number of aliphatic hydroxyl groups is 1. The number of hydrazone groups is 1. The molecule has 45 heavy (non-hydrogen) atoms. The highest BCUT2D eigenvalue weighted by atomic mass is 32.2. The maximum absolute atomic E-state index is 12.8. The van der Waals surface area contributed by atoms with Crippen LogP contribution >= 0.6 is 8.09 Å². The summed E-state index contributed by atoms with van der Waals surface area (Å²) in [6, 6.07) is 8.18. The molecule has 2 unspecified atom stereocenters. The number of amidine groups is 1. The second-order valence-corrected chi connectivity index (χ2v) is 14.9. The van der Waals surface area contributed by atoms with Crippen molar-refractivity contribution in [2.24, 2.45) is 21.7 Å². The fraction of sp³-hybridized carbons (Fsp3) is 0.500. The Labute approximate surface area is 262 Å². The molecule has 17 heteroatoms. The molecule has 0 saturated carbocycles. The van der Waals surface area contributed by atoms with Crippen LogP contribution in [0.1, 0.15) is 27.2 Å². The molecule has 3 aliphatic heterocycles. The standard InChI is InChI=1S/C28H36N6O9PS/c1-5-40-26(36)21(14-15-45(4,38)39)33-44(37,42-20-10-7-6-8-11-20)41-17-27(3)24(35)19(2)28(16-29,43-27)23-13-9-12-22-25(30)31-18-32-34(22)23/h6-8,10-11,13,18-19,21-22,24,33,35,37H,5,14-15,17H2,1-4H3,(H2,30,31,32)/q+1/t19-,21-,22?,24-,27-,28+,44?/m0/s1. The average Bonchev–Trinajstić information content (AvgIpc) is 3.20. The lowest BCUT2D eigenvalue weighted by Gasteiger charge is -2.38. The minimum Gasteiger partial charge on any atom is -0.465 e. The van der Waals surface area contributed by atoms with Gasteiger partial charge in [-0.2, -0.15) is 19.8 Å². The van der Waals surface area contributed by atoms with Crippen LogP contribution in [0.5, 0.6) is 5.75 Å². The molecule has 15 nitrogen and oxygen atoms in total. The molecule has 0 aliphatic carbocycles. The second kappa shape index (κ2) is 13.4. The van der Waals surface area contributed by atoms with Gasteiger partial charge in [-0.25, -0.2) is 18.4 Å². The summed E-state index contributed by atoms with van der Waals surface area (Å²) in [6.45, 7) is 4.15. The van der Waals surface area contributed by atoms with Crippen LogP contribution in [0.2, 0.25) is 0 Å². The van der Waals surface area contributed by atoms with Crippen molar-refractivity contribution in [3.8, 4) is 23.7 Å². The van der Waals surface area contributed by atoms with Gasteiger partial charge in [0.25, 0.3) is 0 Å². The van der Waals surface area contributed by atoms with Crippen molar-refractivity contribution in [2.75, 3.05) is 25.2 Å². The second-order valence-electron chi connectivity index (χ2n) is 10.9. The van der Waals surface area contributed by atoms with E-state index in [1.165, 1.54) is 24.3 Å². The third-order valence-corrected chi connectivity index (χ3v) is 9.98. The molecule has 7 atom stereocenters. The van der Waals surface area contributed by atoms with Crippen LogP contribution in [0.4, 0.5) is 0 Å². The molecule has 3 heterocycles. The molecule has 0 spiro atoms. The lowest BCUT2D eigenvalue weighted by atomic mass is 9.81. The number of hydrogen-bond donors (Lipinski definition) is 4.